The maximum Gasteiger partial charge on any atom is 0.258 e. The second kappa shape index (κ2) is 5.95. The summed E-state index contributed by atoms with van der Waals surface area (Å²) in [6, 6.07) is 9.29. The highest BCUT2D eigenvalue weighted by Gasteiger charge is 2.34. The van der Waals surface area contributed by atoms with Crippen molar-refractivity contribution in [2.75, 3.05) is 6.61 Å². The van der Waals surface area contributed by atoms with Crippen LogP contribution in [-0.2, 0) is 4.79 Å². The molecule has 0 fully saturated rings. The first-order chi connectivity index (χ1) is 10.9. The number of fused-ring (bicyclic) bond motifs is 1. The lowest BCUT2D eigenvalue weighted by Gasteiger charge is -2.37. The van der Waals surface area contributed by atoms with Gasteiger partial charge in [0.15, 0.2) is 6.61 Å². The molecule has 3 rings (SSSR count). The van der Waals surface area contributed by atoms with Gasteiger partial charge in [0, 0.05) is 18.1 Å². The Morgan fingerprint density at radius 2 is 2.22 bits per heavy atom. The van der Waals surface area contributed by atoms with E-state index in [4.69, 9.17) is 14.0 Å². The molecule has 0 radical (unpaired) electrons. The van der Waals surface area contributed by atoms with Crippen LogP contribution in [0.25, 0.3) is 0 Å². The van der Waals surface area contributed by atoms with Crippen molar-refractivity contribution in [2.45, 2.75) is 38.8 Å². The smallest absolute Gasteiger partial charge is 0.258 e. The maximum absolute atomic E-state index is 12.2. The summed E-state index contributed by atoms with van der Waals surface area (Å²) in [7, 11) is 0. The molecule has 1 aliphatic rings. The first-order valence-corrected chi connectivity index (χ1v) is 7.56. The highest BCUT2D eigenvalue weighted by molar-refractivity contribution is 5.78. The van der Waals surface area contributed by atoms with Gasteiger partial charge in [-0.25, -0.2) is 0 Å². The lowest BCUT2D eigenvalue weighted by Crippen LogP contribution is -2.42. The van der Waals surface area contributed by atoms with E-state index in [2.05, 4.69) is 10.5 Å². The number of hydrogen-bond donors (Lipinski definition) is 1. The maximum atomic E-state index is 12.2. The Bertz CT molecular complexity index is 708. The van der Waals surface area contributed by atoms with E-state index in [0.717, 1.165) is 11.3 Å². The minimum atomic E-state index is -0.337. The minimum absolute atomic E-state index is 0.105. The summed E-state index contributed by atoms with van der Waals surface area (Å²) in [6.07, 6.45) is 0.693. The van der Waals surface area contributed by atoms with Crippen LogP contribution in [0.15, 0.2) is 34.9 Å². The second-order valence-corrected chi connectivity index (χ2v) is 6.29. The summed E-state index contributed by atoms with van der Waals surface area (Å²) in [6.45, 7) is 5.68. The number of rotatable bonds is 4. The predicted octanol–water partition coefficient (Wildman–Crippen LogP) is 2.78. The van der Waals surface area contributed by atoms with Crippen molar-refractivity contribution in [1.82, 2.24) is 10.5 Å². The van der Waals surface area contributed by atoms with Crippen LogP contribution < -0.4 is 14.8 Å². The van der Waals surface area contributed by atoms with Gasteiger partial charge in [0.05, 0.1) is 6.04 Å². The topological polar surface area (TPSA) is 73.6 Å². The van der Waals surface area contributed by atoms with E-state index in [0.29, 0.717) is 18.1 Å². The highest BCUT2D eigenvalue weighted by atomic mass is 16.5. The fourth-order valence-corrected chi connectivity index (χ4v) is 2.72. The molecule has 1 amide bonds. The summed E-state index contributed by atoms with van der Waals surface area (Å²) in [5.74, 6) is 1.55. The van der Waals surface area contributed by atoms with E-state index in [1.165, 1.54) is 0 Å². The number of carbonyl (C=O) groups is 1. The quantitative estimate of drug-likeness (QED) is 0.939. The molecule has 2 aromatic rings. The third kappa shape index (κ3) is 3.64. The first-order valence-electron chi connectivity index (χ1n) is 7.56. The predicted molar refractivity (Wildman–Crippen MR) is 83.4 cm³/mol. The largest absolute Gasteiger partial charge is 0.487 e. The Hall–Kier alpha value is -2.50. The SMILES string of the molecule is Cc1cc(OCC(=O)NC2CC(C)(C)Oc3ccccc32)no1. The molecule has 1 N–H and O–H groups in total. The van der Waals surface area contributed by atoms with Crippen LogP contribution in [0.5, 0.6) is 11.6 Å². The van der Waals surface area contributed by atoms with Crippen molar-refractivity contribution < 1.29 is 18.8 Å². The third-order valence-corrected chi connectivity index (χ3v) is 3.67. The number of para-hydroxylation sites is 1. The van der Waals surface area contributed by atoms with Crippen LogP contribution in [0.1, 0.15) is 37.6 Å². The molecule has 1 aromatic carbocycles. The molecule has 1 unspecified atom stereocenters. The van der Waals surface area contributed by atoms with Crippen LogP contribution in [0.4, 0.5) is 0 Å². The number of amides is 1. The molecule has 1 aliphatic heterocycles. The highest BCUT2D eigenvalue weighted by Crippen LogP contribution is 2.39. The zero-order valence-electron chi connectivity index (χ0n) is 13.5. The molecular formula is C17H20N2O4. The molecule has 1 atom stereocenters. The van der Waals surface area contributed by atoms with E-state index in [1.54, 1.807) is 13.0 Å². The normalized spacial score (nSPS) is 18.7. The molecule has 0 saturated heterocycles. The van der Waals surface area contributed by atoms with Gasteiger partial charge in [-0.3, -0.25) is 4.79 Å². The van der Waals surface area contributed by atoms with E-state index in [1.807, 2.05) is 38.1 Å². The molecule has 1 aromatic heterocycles. The van der Waals surface area contributed by atoms with Gasteiger partial charge >= 0.3 is 0 Å². The van der Waals surface area contributed by atoms with E-state index in [-0.39, 0.29) is 24.2 Å². The number of aryl methyl sites for hydroxylation is 1. The summed E-state index contributed by atoms with van der Waals surface area (Å²) >= 11 is 0. The minimum Gasteiger partial charge on any atom is -0.487 e. The standard InChI is InChI=1S/C17H20N2O4/c1-11-8-16(19-23-11)21-10-15(20)18-13-9-17(2,3)22-14-7-5-4-6-12(13)14/h4-8,13H,9-10H2,1-3H3,(H,18,20). The van der Waals surface area contributed by atoms with Crippen LogP contribution in [0.2, 0.25) is 0 Å². The van der Waals surface area contributed by atoms with Crippen LogP contribution >= 0.6 is 0 Å². The van der Waals surface area contributed by atoms with Gasteiger partial charge in [0.2, 0.25) is 0 Å². The Labute approximate surface area is 134 Å². The second-order valence-electron chi connectivity index (χ2n) is 6.29. The number of ether oxygens (including phenoxy) is 2. The summed E-state index contributed by atoms with van der Waals surface area (Å²) in [5, 5.41) is 6.70. The van der Waals surface area contributed by atoms with Crippen LogP contribution in [-0.4, -0.2) is 23.3 Å². The average Bonchev–Trinajstić information content (AvgIpc) is 2.90. The molecule has 0 bridgehead atoms. The van der Waals surface area contributed by atoms with Crippen LogP contribution in [0.3, 0.4) is 0 Å². The van der Waals surface area contributed by atoms with Crippen molar-refractivity contribution in [2.24, 2.45) is 0 Å². The summed E-state index contributed by atoms with van der Waals surface area (Å²) in [4.78, 5) is 12.2. The van der Waals surface area contributed by atoms with Crippen molar-refractivity contribution >= 4 is 5.91 Å². The number of aromatic nitrogens is 1. The monoisotopic (exact) mass is 316 g/mol. The van der Waals surface area contributed by atoms with Crippen molar-refractivity contribution in [1.29, 1.82) is 0 Å². The van der Waals surface area contributed by atoms with Gasteiger partial charge < -0.3 is 19.3 Å². The average molecular weight is 316 g/mol. The zero-order chi connectivity index (χ0) is 16.4. The fourth-order valence-electron chi connectivity index (χ4n) is 2.72. The van der Waals surface area contributed by atoms with Gasteiger partial charge in [-0.2, -0.15) is 0 Å². The molecule has 0 saturated carbocycles. The third-order valence-electron chi connectivity index (χ3n) is 3.67. The number of benzene rings is 1. The molecule has 122 valence electrons. The molecule has 6 nitrogen and oxygen atoms in total. The number of hydrogen-bond acceptors (Lipinski definition) is 5. The molecule has 6 heteroatoms. The van der Waals surface area contributed by atoms with Crippen molar-refractivity contribution in [3.8, 4) is 11.6 Å². The van der Waals surface area contributed by atoms with Gasteiger partial charge in [0.25, 0.3) is 11.8 Å². The summed E-state index contributed by atoms with van der Waals surface area (Å²) < 4.78 is 16.2. The fraction of sp³-hybridized carbons (Fsp3) is 0.412. The lowest BCUT2D eigenvalue weighted by molar-refractivity contribution is -0.124. The molecule has 0 aliphatic carbocycles. The van der Waals surface area contributed by atoms with Gasteiger partial charge in [-0.1, -0.05) is 18.2 Å². The number of nitrogens with one attached hydrogen (secondary N) is 1. The first kappa shape index (κ1) is 15.4. The lowest BCUT2D eigenvalue weighted by atomic mass is 9.90. The molecular weight excluding hydrogens is 296 g/mol. The van der Waals surface area contributed by atoms with Crippen molar-refractivity contribution in [3.05, 3.63) is 41.7 Å². The Morgan fingerprint density at radius 1 is 1.43 bits per heavy atom. The Morgan fingerprint density at radius 3 is 2.96 bits per heavy atom. The van der Waals surface area contributed by atoms with Gasteiger partial charge in [-0.05, 0) is 32.0 Å². The summed E-state index contributed by atoms with van der Waals surface area (Å²) in [5.41, 5.74) is 0.647. The van der Waals surface area contributed by atoms with Gasteiger partial charge in [-0.15, -0.1) is 0 Å². The van der Waals surface area contributed by atoms with Crippen LogP contribution in [0, 0.1) is 6.92 Å². The molecule has 23 heavy (non-hydrogen) atoms. The number of carbonyl (C=O) groups excluding carboxylic acids is 1. The van der Waals surface area contributed by atoms with E-state index >= 15 is 0 Å². The molecule has 2 heterocycles. The van der Waals surface area contributed by atoms with E-state index in [9.17, 15) is 4.79 Å². The Kier molecular flexibility index (Phi) is 3.98. The van der Waals surface area contributed by atoms with Gasteiger partial charge in [0.1, 0.15) is 17.1 Å². The van der Waals surface area contributed by atoms with Crippen molar-refractivity contribution in [3.63, 3.8) is 0 Å². The molecule has 0 spiro atoms. The zero-order valence-corrected chi connectivity index (χ0v) is 13.5. The Balaban J connectivity index is 1.65. The number of nitrogens with zero attached hydrogens (tertiary/aromatic N) is 1. The van der Waals surface area contributed by atoms with E-state index < -0.39 is 0 Å².